The summed E-state index contributed by atoms with van der Waals surface area (Å²) in [5, 5.41) is 42.9. The smallest absolute Gasteiger partial charge is 0.329 e. The summed E-state index contributed by atoms with van der Waals surface area (Å²) in [4.78, 5) is 84.9. The molecule has 17 heteroatoms. The maximum atomic E-state index is 14.4. The van der Waals surface area contributed by atoms with Crippen molar-refractivity contribution in [3.8, 4) is 0 Å². The summed E-state index contributed by atoms with van der Waals surface area (Å²) < 4.78 is 35.2. The zero-order valence-corrected chi connectivity index (χ0v) is 44.4. The Kier molecular flexibility index (Phi) is 23.7. The lowest BCUT2D eigenvalue weighted by atomic mass is 9.81. The summed E-state index contributed by atoms with van der Waals surface area (Å²) in [6.45, 7) is 10.9. The highest BCUT2D eigenvalue weighted by molar-refractivity contribution is 6.39. The van der Waals surface area contributed by atoms with Crippen molar-refractivity contribution in [2.45, 2.75) is 186 Å². The minimum atomic E-state index is -2.46. The number of hydrogen-bond donors (Lipinski definition) is 4. The van der Waals surface area contributed by atoms with Gasteiger partial charge in [0.1, 0.15) is 41.7 Å². The number of cyclic esters (lactones) is 1. The number of amides is 1. The Morgan fingerprint density at radius 1 is 0.833 bits per heavy atom. The lowest BCUT2D eigenvalue weighted by Gasteiger charge is -2.42. The van der Waals surface area contributed by atoms with Crippen molar-refractivity contribution in [3.05, 3.63) is 47.6 Å². The molecular formula is C55H85NO16. The van der Waals surface area contributed by atoms with Crippen molar-refractivity contribution < 1.29 is 77.6 Å². The highest BCUT2D eigenvalue weighted by atomic mass is 16.6. The predicted octanol–water partition coefficient (Wildman–Crippen LogP) is 5.48. The molecular weight excluding hydrogens is 931 g/mol. The molecule has 0 unspecified atom stereocenters. The molecule has 1 saturated carbocycles. The summed E-state index contributed by atoms with van der Waals surface area (Å²) in [6, 6.07) is -1.19. The Morgan fingerprint density at radius 3 is 2.19 bits per heavy atom. The van der Waals surface area contributed by atoms with Gasteiger partial charge in [-0.3, -0.25) is 24.0 Å². The molecule has 72 heavy (non-hydrogen) atoms. The van der Waals surface area contributed by atoms with E-state index < -0.39 is 115 Å². The molecule has 0 aromatic rings. The molecule has 0 spiro atoms. The summed E-state index contributed by atoms with van der Waals surface area (Å²) >= 11 is 0. The highest BCUT2D eigenvalue weighted by Crippen LogP contribution is 2.38. The third kappa shape index (κ3) is 15.8. The predicted molar refractivity (Wildman–Crippen MR) is 267 cm³/mol. The number of ether oxygens (including phenoxy) is 6. The fourth-order valence-corrected chi connectivity index (χ4v) is 10.4. The van der Waals surface area contributed by atoms with E-state index >= 15 is 0 Å². The second-order valence-electron chi connectivity index (χ2n) is 21.3. The van der Waals surface area contributed by atoms with E-state index in [0.29, 0.717) is 69.8 Å². The molecule has 1 amide bonds. The Morgan fingerprint density at radius 2 is 1.54 bits per heavy atom. The molecule has 4 N–H and O–H groups in total. The van der Waals surface area contributed by atoms with Gasteiger partial charge >= 0.3 is 11.9 Å². The molecule has 4 rings (SSSR count). The van der Waals surface area contributed by atoms with Gasteiger partial charge in [-0.15, -0.1) is 0 Å². The van der Waals surface area contributed by atoms with E-state index in [1.54, 1.807) is 40.9 Å². The van der Waals surface area contributed by atoms with E-state index in [-0.39, 0.29) is 49.2 Å². The van der Waals surface area contributed by atoms with Crippen molar-refractivity contribution in [1.29, 1.82) is 0 Å². The van der Waals surface area contributed by atoms with Gasteiger partial charge < -0.3 is 53.7 Å². The molecule has 3 heterocycles. The molecule has 406 valence electrons. The number of fused-ring (bicyclic) bond motifs is 3. The molecule has 0 aromatic carbocycles. The van der Waals surface area contributed by atoms with Gasteiger partial charge in [0.2, 0.25) is 5.79 Å². The van der Waals surface area contributed by atoms with Crippen LogP contribution in [0.4, 0.5) is 0 Å². The van der Waals surface area contributed by atoms with E-state index in [9.17, 15) is 49.2 Å². The second kappa shape index (κ2) is 28.1. The van der Waals surface area contributed by atoms with Crippen LogP contribution in [0.25, 0.3) is 0 Å². The van der Waals surface area contributed by atoms with Crippen molar-refractivity contribution in [2.75, 3.05) is 41.1 Å². The third-order valence-electron chi connectivity index (χ3n) is 15.5. The van der Waals surface area contributed by atoms with Gasteiger partial charge in [-0.25, -0.2) is 4.79 Å². The number of allylic oxidation sites excluding steroid dienone is 6. The van der Waals surface area contributed by atoms with Crippen LogP contribution in [0, 0.1) is 35.0 Å². The van der Waals surface area contributed by atoms with E-state index in [0.717, 1.165) is 10.5 Å². The van der Waals surface area contributed by atoms with Crippen LogP contribution in [0.3, 0.4) is 0 Å². The van der Waals surface area contributed by atoms with Crippen LogP contribution in [0.5, 0.6) is 0 Å². The number of esters is 2. The van der Waals surface area contributed by atoms with Gasteiger partial charge in [0.15, 0.2) is 5.78 Å². The normalized spacial score (nSPS) is 37.3. The van der Waals surface area contributed by atoms with E-state index in [2.05, 4.69) is 0 Å². The highest BCUT2D eigenvalue weighted by Gasteiger charge is 2.53. The van der Waals surface area contributed by atoms with Crippen molar-refractivity contribution in [2.24, 2.45) is 35.0 Å². The Hall–Kier alpha value is -3.94. The largest absolute Gasteiger partial charge is 0.460 e. The van der Waals surface area contributed by atoms with Crippen LogP contribution < -0.4 is 0 Å². The van der Waals surface area contributed by atoms with Crippen LogP contribution in [0.1, 0.15) is 132 Å². The topological polar surface area (TPSA) is 242 Å². The van der Waals surface area contributed by atoms with Crippen LogP contribution in [0.2, 0.25) is 0 Å². The number of hydrogen-bond acceptors (Lipinski definition) is 16. The zero-order chi connectivity index (χ0) is 53.5. The molecule has 3 aliphatic heterocycles. The van der Waals surface area contributed by atoms with Crippen LogP contribution >= 0.6 is 0 Å². The Balaban J connectivity index is 1.66. The average Bonchev–Trinajstić information content (AvgIpc) is 3.37. The first-order valence-corrected chi connectivity index (χ1v) is 26.0. The molecule has 3 fully saturated rings. The van der Waals surface area contributed by atoms with Crippen molar-refractivity contribution >= 4 is 35.2 Å². The second-order valence-corrected chi connectivity index (χ2v) is 21.3. The molecule has 17 nitrogen and oxygen atoms in total. The van der Waals surface area contributed by atoms with Crippen molar-refractivity contribution in [1.82, 2.24) is 4.90 Å². The quantitative estimate of drug-likeness (QED) is 0.120. The van der Waals surface area contributed by atoms with Gasteiger partial charge in [-0.1, -0.05) is 64.2 Å². The number of methoxy groups -OCH3 is 3. The SMILES string of the molecule is CO[C@H]1C[C@@H]2CC[C@@H](C)[C@@](O)(O2)C(=O)C(=O)N2CCCC[C@H]2C(=O)O[C@H](CC[C@@H]2CC[C@@H](OC(=O)C(C)(CO)CO)[C@H](OC)C2)CC(=O)[C@H](C)/C=C(\C)[C@@H](O)[C@@H](OC)C(=O)[C@H](C)C[C@H](C)/C=C/C=C/C=C/1C. The number of ketones is 3. The number of piperidine rings is 1. The number of aliphatic hydroxyl groups excluding tert-OH is 3. The summed E-state index contributed by atoms with van der Waals surface area (Å²) in [6.07, 6.45) is 10.1. The van der Waals surface area contributed by atoms with E-state index in [1.165, 1.54) is 21.1 Å². The van der Waals surface area contributed by atoms with Gasteiger partial charge in [-0.05, 0) is 114 Å². The first kappa shape index (κ1) is 60.6. The first-order chi connectivity index (χ1) is 34.1. The zero-order valence-electron chi connectivity index (χ0n) is 44.4. The number of rotatable bonds is 10. The lowest BCUT2D eigenvalue weighted by molar-refractivity contribution is -0.265. The average molecular weight is 1020 g/mol. The first-order valence-electron chi connectivity index (χ1n) is 26.0. The standard InChI is InChI=1S/C55H85NO16/c1-33-16-12-11-13-17-34(2)45(67-8)30-41-22-19-38(6)55(66,72-41)50(62)51(63)56-25-15-14-18-42(56)52(64)70-40(29-43(59)35(3)27-37(5)48(61)49(69-10)47(60)36(4)26-33)23-20-39-21-24-44(46(28-39)68-9)71-53(65)54(7,31-57)32-58/h11-13,16-17,27,33,35-36,38-42,44-46,48-49,57-58,61,66H,14-15,18-26,28-32H2,1-10H3/b13-11+,16-12+,34-17+,37-27+/t33-,35-,36-,38-,39-,40-,41+,42+,44-,45+,46-,48-,49+,55-/m1/s1. The monoisotopic (exact) mass is 1020 g/mol. The maximum Gasteiger partial charge on any atom is 0.329 e. The van der Waals surface area contributed by atoms with Gasteiger partial charge in [-0.2, -0.15) is 0 Å². The molecule has 2 saturated heterocycles. The molecule has 4 aliphatic rings. The van der Waals surface area contributed by atoms with Crippen LogP contribution in [-0.2, 0) is 57.2 Å². The fourth-order valence-electron chi connectivity index (χ4n) is 10.4. The third-order valence-corrected chi connectivity index (χ3v) is 15.5. The number of carbonyl (C=O) groups is 6. The van der Waals surface area contributed by atoms with Crippen LogP contribution in [-0.4, -0.2) is 156 Å². The Bertz CT molecular complexity index is 1970. The van der Waals surface area contributed by atoms with Crippen LogP contribution in [0.15, 0.2) is 47.6 Å². The van der Waals surface area contributed by atoms with E-state index in [4.69, 9.17) is 28.4 Å². The molecule has 0 aromatic heterocycles. The van der Waals surface area contributed by atoms with Gasteiger partial charge in [0, 0.05) is 58.5 Å². The number of nitrogens with zero attached hydrogens (tertiary/aromatic N) is 1. The number of carbonyl (C=O) groups excluding carboxylic acids is 6. The Labute approximate surface area is 426 Å². The maximum absolute atomic E-state index is 14.4. The number of Topliss-reactive ketones (excluding diaryl/α,β-unsaturated/α-hetero) is 3. The molecule has 14 atom stereocenters. The minimum absolute atomic E-state index is 0.00455. The fraction of sp³-hybridized carbons (Fsp3) is 0.745. The summed E-state index contributed by atoms with van der Waals surface area (Å²) in [7, 11) is 4.42. The van der Waals surface area contributed by atoms with Gasteiger partial charge in [0.05, 0.1) is 31.5 Å². The molecule has 2 bridgehead atoms. The lowest BCUT2D eigenvalue weighted by Crippen LogP contribution is -2.60. The minimum Gasteiger partial charge on any atom is -0.460 e. The molecule has 0 radical (unpaired) electrons. The molecule has 1 aliphatic carbocycles. The van der Waals surface area contributed by atoms with Crippen molar-refractivity contribution in [3.63, 3.8) is 0 Å². The summed E-state index contributed by atoms with van der Waals surface area (Å²) in [5.74, 6) is -8.86. The van der Waals surface area contributed by atoms with E-state index in [1.807, 2.05) is 44.2 Å². The number of aliphatic hydroxyl groups is 4. The van der Waals surface area contributed by atoms with Gasteiger partial charge in [0.25, 0.3) is 11.7 Å². The summed E-state index contributed by atoms with van der Waals surface area (Å²) in [5.41, 5.74) is -0.269.